The standard InChI is InChI=1S/C24H24Cl2N6O4/c1-28-21-20(23(34)29(2)24(28)35)32(13-15-16(25)5-3-6-17(15)26)19(27-21)14-30-8-10-31(11-9-30)22(33)18-7-4-12-36-18/h3-7,12H,8-11,13-14H2,1-2H3. The monoisotopic (exact) mass is 530 g/mol. The van der Waals surface area contributed by atoms with Gasteiger partial charge in [-0.05, 0) is 24.3 Å². The van der Waals surface area contributed by atoms with Crippen molar-refractivity contribution in [3.63, 3.8) is 0 Å². The van der Waals surface area contributed by atoms with Crippen LogP contribution in [-0.2, 0) is 27.2 Å². The first-order chi connectivity index (χ1) is 17.3. The Morgan fingerprint density at radius 1 is 0.972 bits per heavy atom. The molecule has 0 spiro atoms. The van der Waals surface area contributed by atoms with Gasteiger partial charge in [-0.2, -0.15) is 0 Å². The van der Waals surface area contributed by atoms with E-state index in [-0.39, 0.29) is 12.5 Å². The number of rotatable bonds is 5. The predicted octanol–water partition coefficient (Wildman–Crippen LogP) is 2.34. The first kappa shape index (κ1) is 24.4. The molecule has 0 N–H and O–H groups in total. The summed E-state index contributed by atoms with van der Waals surface area (Å²) in [6.45, 7) is 2.90. The van der Waals surface area contributed by atoms with E-state index in [0.717, 1.165) is 4.57 Å². The molecule has 36 heavy (non-hydrogen) atoms. The molecule has 0 aliphatic carbocycles. The molecule has 1 fully saturated rings. The molecule has 4 heterocycles. The van der Waals surface area contributed by atoms with Crippen molar-refractivity contribution in [2.45, 2.75) is 13.1 Å². The molecule has 1 aliphatic rings. The number of piperazine rings is 1. The lowest BCUT2D eigenvalue weighted by Gasteiger charge is -2.34. The Kier molecular flexibility index (Phi) is 6.50. The summed E-state index contributed by atoms with van der Waals surface area (Å²) in [7, 11) is 3.03. The first-order valence-electron chi connectivity index (χ1n) is 11.4. The number of amides is 1. The lowest BCUT2D eigenvalue weighted by atomic mass is 10.2. The third-order valence-corrected chi connectivity index (χ3v) is 7.27. The van der Waals surface area contributed by atoms with Crippen molar-refractivity contribution in [3.8, 4) is 0 Å². The van der Waals surface area contributed by atoms with Crippen molar-refractivity contribution >= 4 is 40.3 Å². The Morgan fingerprint density at radius 2 is 1.67 bits per heavy atom. The minimum Gasteiger partial charge on any atom is -0.459 e. The maximum atomic E-state index is 13.2. The fraction of sp³-hybridized carbons (Fsp3) is 0.333. The zero-order chi connectivity index (χ0) is 25.6. The van der Waals surface area contributed by atoms with E-state index in [4.69, 9.17) is 32.6 Å². The second-order valence-corrected chi connectivity index (χ2v) is 9.55. The number of furan rings is 1. The summed E-state index contributed by atoms with van der Waals surface area (Å²) in [5.74, 6) is 0.780. The van der Waals surface area contributed by atoms with Crippen LogP contribution in [0.1, 0.15) is 21.9 Å². The summed E-state index contributed by atoms with van der Waals surface area (Å²) in [4.78, 5) is 47.0. The highest BCUT2D eigenvalue weighted by molar-refractivity contribution is 6.36. The molecule has 12 heteroatoms. The molecular formula is C24H24Cl2N6O4. The van der Waals surface area contributed by atoms with Crippen LogP contribution in [0.4, 0.5) is 0 Å². The molecule has 0 radical (unpaired) electrons. The highest BCUT2D eigenvalue weighted by Gasteiger charge is 2.26. The third kappa shape index (κ3) is 4.25. The van der Waals surface area contributed by atoms with Crippen LogP contribution < -0.4 is 11.2 Å². The molecular weight excluding hydrogens is 507 g/mol. The second-order valence-electron chi connectivity index (χ2n) is 8.74. The van der Waals surface area contributed by atoms with Gasteiger partial charge < -0.3 is 13.9 Å². The fourth-order valence-electron chi connectivity index (χ4n) is 4.49. The van der Waals surface area contributed by atoms with E-state index in [2.05, 4.69) is 4.90 Å². The number of fused-ring (bicyclic) bond motifs is 1. The third-order valence-electron chi connectivity index (χ3n) is 6.56. The molecule has 188 valence electrons. The molecule has 4 aromatic rings. The molecule has 0 atom stereocenters. The van der Waals surface area contributed by atoms with Gasteiger partial charge in [-0.3, -0.25) is 23.6 Å². The normalized spacial score (nSPS) is 14.6. The zero-order valence-electron chi connectivity index (χ0n) is 19.8. The van der Waals surface area contributed by atoms with Gasteiger partial charge in [0.2, 0.25) is 0 Å². The van der Waals surface area contributed by atoms with Crippen molar-refractivity contribution < 1.29 is 9.21 Å². The molecule has 10 nitrogen and oxygen atoms in total. The van der Waals surface area contributed by atoms with Crippen molar-refractivity contribution in [2.75, 3.05) is 26.2 Å². The van der Waals surface area contributed by atoms with Crippen molar-refractivity contribution in [2.24, 2.45) is 14.1 Å². The summed E-state index contributed by atoms with van der Waals surface area (Å²) >= 11 is 12.9. The van der Waals surface area contributed by atoms with Gasteiger partial charge in [0.15, 0.2) is 16.9 Å². The van der Waals surface area contributed by atoms with E-state index in [1.807, 2.05) is 0 Å². The SMILES string of the molecule is Cn1c(=O)c2c(nc(CN3CCN(C(=O)c4ccco4)CC3)n2Cc2c(Cl)cccc2Cl)n(C)c1=O. The van der Waals surface area contributed by atoms with E-state index < -0.39 is 11.2 Å². The van der Waals surface area contributed by atoms with E-state index in [1.54, 1.807) is 46.8 Å². The Bertz CT molecular complexity index is 1540. The Labute approximate surface area is 215 Å². The van der Waals surface area contributed by atoms with Crippen LogP contribution in [-0.4, -0.2) is 60.6 Å². The van der Waals surface area contributed by atoms with E-state index >= 15 is 0 Å². The number of carbonyl (C=O) groups is 1. The van der Waals surface area contributed by atoms with E-state index in [1.165, 1.54) is 17.9 Å². The van der Waals surface area contributed by atoms with Crippen molar-refractivity contribution in [3.05, 3.63) is 84.6 Å². The number of halogens is 2. The highest BCUT2D eigenvalue weighted by Crippen LogP contribution is 2.27. The maximum Gasteiger partial charge on any atom is 0.332 e. The molecule has 5 rings (SSSR count). The Hall–Kier alpha value is -3.34. The van der Waals surface area contributed by atoms with Gasteiger partial charge in [-0.15, -0.1) is 0 Å². The molecule has 1 aliphatic heterocycles. The average Bonchev–Trinajstić information content (AvgIpc) is 3.53. The number of aryl methyl sites for hydroxylation is 1. The van der Waals surface area contributed by atoms with Gasteiger partial charge >= 0.3 is 5.69 Å². The second kappa shape index (κ2) is 9.61. The molecule has 0 bridgehead atoms. The molecule has 0 unspecified atom stereocenters. The quantitative estimate of drug-likeness (QED) is 0.392. The van der Waals surface area contributed by atoms with Crippen LogP contribution >= 0.6 is 23.2 Å². The number of carbonyl (C=O) groups excluding carboxylic acids is 1. The molecule has 1 aromatic carbocycles. The highest BCUT2D eigenvalue weighted by atomic mass is 35.5. The number of hydrogen-bond acceptors (Lipinski definition) is 6. The number of imidazole rings is 1. The van der Waals surface area contributed by atoms with Gasteiger partial charge in [-0.25, -0.2) is 9.78 Å². The zero-order valence-corrected chi connectivity index (χ0v) is 21.3. The topological polar surface area (TPSA) is 98.5 Å². The molecule has 0 saturated carbocycles. The predicted molar refractivity (Wildman–Crippen MR) is 136 cm³/mol. The van der Waals surface area contributed by atoms with Crippen molar-refractivity contribution in [1.82, 2.24) is 28.5 Å². The summed E-state index contributed by atoms with van der Waals surface area (Å²) in [6, 6.07) is 8.58. The minimum atomic E-state index is -0.454. The molecule has 3 aromatic heterocycles. The lowest BCUT2D eigenvalue weighted by Crippen LogP contribution is -2.48. The fourth-order valence-corrected chi connectivity index (χ4v) is 5.01. The number of hydrogen-bond donors (Lipinski definition) is 0. The van der Waals surface area contributed by atoms with Crippen LogP contribution in [0.2, 0.25) is 10.0 Å². The summed E-state index contributed by atoms with van der Waals surface area (Å²) in [6.07, 6.45) is 1.48. The Balaban J connectivity index is 1.49. The van der Waals surface area contributed by atoms with Crippen LogP contribution in [0.25, 0.3) is 11.2 Å². The van der Waals surface area contributed by atoms with Crippen molar-refractivity contribution in [1.29, 1.82) is 0 Å². The van der Waals surface area contributed by atoms with Gasteiger partial charge in [0.1, 0.15) is 5.82 Å². The summed E-state index contributed by atoms with van der Waals surface area (Å²) in [5.41, 5.74) is 0.365. The van der Waals surface area contributed by atoms with Crippen LogP contribution in [0.15, 0.2) is 50.6 Å². The van der Waals surface area contributed by atoms with Gasteiger partial charge in [0.25, 0.3) is 11.5 Å². The Morgan fingerprint density at radius 3 is 2.31 bits per heavy atom. The largest absolute Gasteiger partial charge is 0.459 e. The van der Waals surface area contributed by atoms with Crippen LogP contribution in [0.3, 0.4) is 0 Å². The lowest BCUT2D eigenvalue weighted by molar-refractivity contribution is 0.0594. The number of aromatic nitrogens is 4. The summed E-state index contributed by atoms with van der Waals surface area (Å²) < 4.78 is 9.45. The molecule has 1 amide bonds. The number of benzene rings is 1. The minimum absolute atomic E-state index is 0.140. The van der Waals surface area contributed by atoms with Gasteiger partial charge in [0, 0.05) is 55.9 Å². The number of nitrogens with zero attached hydrogens (tertiary/aromatic N) is 6. The van der Waals surface area contributed by atoms with E-state index in [0.29, 0.717) is 71.1 Å². The van der Waals surface area contributed by atoms with Crippen LogP contribution in [0.5, 0.6) is 0 Å². The summed E-state index contributed by atoms with van der Waals surface area (Å²) in [5, 5.41) is 0.948. The van der Waals surface area contributed by atoms with Gasteiger partial charge in [0.05, 0.1) is 19.4 Å². The maximum absolute atomic E-state index is 13.2. The first-order valence-corrected chi connectivity index (χ1v) is 12.1. The average molecular weight is 531 g/mol. The van der Waals surface area contributed by atoms with Crippen LogP contribution in [0, 0.1) is 0 Å². The molecule has 1 saturated heterocycles. The van der Waals surface area contributed by atoms with Gasteiger partial charge in [-0.1, -0.05) is 29.3 Å². The smallest absolute Gasteiger partial charge is 0.332 e. The van der Waals surface area contributed by atoms with E-state index in [9.17, 15) is 14.4 Å².